The Hall–Kier alpha value is -0.120. The summed E-state index contributed by atoms with van der Waals surface area (Å²) in [4.78, 5) is 2.67. The minimum Gasteiger partial charge on any atom is -0.376 e. The zero-order valence-corrected chi connectivity index (χ0v) is 13.1. The van der Waals surface area contributed by atoms with Crippen molar-refractivity contribution in [1.82, 2.24) is 10.2 Å². The van der Waals surface area contributed by atoms with Crippen LogP contribution in [0.25, 0.3) is 0 Å². The van der Waals surface area contributed by atoms with Crippen LogP contribution in [0.5, 0.6) is 0 Å². The van der Waals surface area contributed by atoms with Gasteiger partial charge in [-0.15, -0.1) is 0 Å². The lowest BCUT2D eigenvalue weighted by molar-refractivity contribution is -0.0586. The van der Waals surface area contributed by atoms with Gasteiger partial charge in [-0.1, -0.05) is 26.2 Å². The maximum Gasteiger partial charge on any atom is 0.0674 e. The van der Waals surface area contributed by atoms with Gasteiger partial charge in [-0.2, -0.15) is 0 Å². The molecule has 2 fully saturated rings. The summed E-state index contributed by atoms with van der Waals surface area (Å²) in [5, 5.41) is 3.64. The Morgan fingerprint density at radius 3 is 2.63 bits per heavy atom. The fourth-order valence-corrected chi connectivity index (χ4v) is 3.77. The maximum absolute atomic E-state index is 5.80. The van der Waals surface area contributed by atoms with Gasteiger partial charge in [0, 0.05) is 24.7 Å². The number of hydrogen-bond acceptors (Lipinski definition) is 3. The molecule has 0 radical (unpaired) electrons. The van der Waals surface area contributed by atoms with Crippen molar-refractivity contribution in [1.29, 1.82) is 0 Å². The quantitative estimate of drug-likeness (QED) is 0.830. The van der Waals surface area contributed by atoms with E-state index in [1.807, 2.05) is 0 Å². The highest BCUT2D eigenvalue weighted by atomic mass is 16.5. The standard InChI is InChI=1S/C16H32N2O/c1-4-15-13-19-14(2)12-18(15)11-10-16(17-3)8-6-5-7-9-16/h14-15,17H,4-13H2,1-3H3. The molecule has 2 atom stereocenters. The van der Waals surface area contributed by atoms with Crippen LogP contribution in [0.15, 0.2) is 0 Å². The van der Waals surface area contributed by atoms with Crippen LogP contribution in [0, 0.1) is 0 Å². The lowest BCUT2D eigenvalue weighted by atomic mass is 9.79. The minimum atomic E-state index is 0.402. The number of morpholine rings is 1. The van der Waals surface area contributed by atoms with Crippen LogP contribution in [0.2, 0.25) is 0 Å². The van der Waals surface area contributed by atoms with Crippen LogP contribution in [-0.2, 0) is 4.74 Å². The molecule has 0 aromatic rings. The summed E-state index contributed by atoms with van der Waals surface area (Å²) in [6, 6.07) is 0.633. The molecule has 0 aromatic carbocycles. The molecule has 3 nitrogen and oxygen atoms in total. The second-order valence-corrected chi connectivity index (χ2v) is 6.54. The second kappa shape index (κ2) is 7.05. The summed E-state index contributed by atoms with van der Waals surface area (Å²) < 4.78 is 5.80. The first-order valence-corrected chi connectivity index (χ1v) is 8.23. The van der Waals surface area contributed by atoms with Crippen LogP contribution in [0.4, 0.5) is 0 Å². The average Bonchev–Trinajstić information content (AvgIpc) is 2.46. The summed E-state index contributed by atoms with van der Waals surface area (Å²) in [5.74, 6) is 0. The van der Waals surface area contributed by atoms with E-state index in [-0.39, 0.29) is 0 Å². The molecule has 3 heteroatoms. The number of hydrogen-bond donors (Lipinski definition) is 1. The number of nitrogens with zero attached hydrogens (tertiary/aromatic N) is 1. The van der Waals surface area contributed by atoms with Crippen molar-refractivity contribution in [3.8, 4) is 0 Å². The summed E-state index contributed by atoms with van der Waals surface area (Å²) in [5.41, 5.74) is 0.415. The van der Waals surface area contributed by atoms with Crippen LogP contribution in [0.3, 0.4) is 0 Å². The van der Waals surface area contributed by atoms with E-state index in [0.29, 0.717) is 17.7 Å². The Labute approximate surface area is 119 Å². The number of ether oxygens (including phenoxy) is 1. The predicted molar refractivity (Wildman–Crippen MR) is 80.6 cm³/mol. The lowest BCUT2D eigenvalue weighted by Crippen LogP contribution is -2.52. The van der Waals surface area contributed by atoms with E-state index in [9.17, 15) is 0 Å². The molecule has 0 aromatic heterocycles. The van der Waals surface area contributed by atoms with Gasteiger partial charge in [0.1, 0.15) is 0 Å². The van der Waals surface area contributed by atoms with Crippen molar-refractivity contribution in [2.75, 3.05) is 26.7 Å². The zero-order chi connectivity index (χ0) is 13.7. The van der Waals surface area contributed by atoms with Crippen LogP contribution in [0.1, 0.15) is 58.8 Å². The highest BCUT2D eigenvalue weighted by Crippen LogP contribution is 2.31. The molecule has 0 bridgehead atoms. The Bertz CT molecular complexity index is 263. The Morgan fingerprint density at radius 1 is 1.26 bits per heavy atom. The third-order valence-electron chi connectivity index (χ3n) is 5.27. The molecule has 1 aliphatic carbocycles. The molecular formula is C16H32N2O. The molecule has 1 heterocycles. The Balaban J connectivity index is 1.87. The fraction of sp³-hybridized carbons (Fsp3) is 1.00. The molecule has 19 heavy (non-hydrogen) atoms. The smallest absolute Gasteiger partial charge is 0.0674 e. The summed E-state index contributed by atoms with van der Waals surface area (Å²) >= 11 is 0. The van der Waals surface area contributed by atoms with Crippen molar-refractivity contribution >= 4 is 0 Å². The van der Waals surface area contributed by atoms with Crippen molar-refractivity contribution in [2.45, 2.75) is 76.5 Å². The highest BCUT2D eigenvalue weighted by Gasteiger charge is 2.32. The van der Waals surface area contributed by atoms with Gasteiger partial charge in [0.2, 0.25) is 0 Å². The van der Waals surface area contributed by atoms with E-state index in [2.05, 4.69) is 31.1 Å². The van der Waals surface area contributed by atoms with Gasteiger partial charge in [0.05, 0.1) is 12.7 Å². The molecule has 1 aliphatic heterocycles. The first-order valence-electron chi connectivity index (χ1n) is 8.23. The Kier molecular flexibility index (Phi) is 5.67. The first kappa shape index (κ1) is 15.3. The third-order valence-corrected chi connectivity index (χ3v) is 5.27. The van der Waals surface area contributed by atoms with Crippen LogP contribution in [-0.4, -0.2) is 49.3 Å². The van der Waals surface area contributed by atoms with E-state index in [1.165, 1.54) is 51.5 Å². The number of nitrogens with one attached hydrogen (secondary N) is 1. The molecule has 2 aliphatic rings. The maximum atomic E-state index is 5.80. The Morgan fingerprint density at radius 2 is 2.00 bits per heavy atom. The van der Waals surface area contributed by atoms with Gasteiger partial charge in [-0.05, 0) is 39.7 Å². The molecular weight excluding hydrogens is 236 g/mol. The minimum absolute atomic E-state index is 0.402. The highest BCUT2D eigenvalue weighted by molar-refractivity contribution is 4.91. The van der Waals surface area contributed by atoms with Gasteiger partial charge in [-0.25, -0.2) is 0 Å². The van der Waals surface area contributed by atoms with Crippen LogP contribution >= 0.6 is 0 Å². The molecule has 1 saturated carbocycles. The average molecular weight is 268 g/mol. The van der Waals surface area contributed by atoms with Crippen molar-refractivity contribution in [3.05, 3.63) is 0 Å². The van der Waals surface area contributed by atoms with Crippen molar-refractivity contribution in [2.24, 2.45) is 0 Å². The predicted octanol–water partition coefficient (Wildman–Crippen LogP) is 2.80. The second-order valence-electron chi connectivity index (χ2n) is 6.54. The van der Waals surface area contributed by atoms with E-state index in [1.54, 1.807) is 0 Å². The van der Waals surface area contributed by atoms with E-state index in [4.69, 9.17) is 4.74 Å². The molecule has 112 valence electrons. The van der Waals surface area contributed by atoms with E-state index < -0.39 is 0 Å². The first-order chi connectivity index (χ1) is 9.19. The molecule has 2 unspecified atom stereocenters. The van der Waals surface area contributed by atoms with Crippen molar-refractivity contribution < 1.29 is 4.74 Å². The zero-order valence-electron chi connectivity index (χ0n) is 13.1. The molecule has 2 rings (SSSR count). The monoisotopic (exact) mass is 268 g/mol. The molecule has 0 spiro atoms. The third kappa shape index (κ3) is 3.93. The molecule has 0 amide bonds. The molecule has 1 saturated heterocycles. The van der Waals surface area contributed by atoms with Gasteiger partial charge >= 0.3 is 0 Å². The fourth-order valence-electron chi connectivity index (χ4n) is 3.77. The summed E-state index contributed by atoms with van der Waals surface area (Å²) in [6.45, 7) is 7.74. The van der Waals surface area contributed by atoms with Gasteiger partial charge in [-0.3, -0.25) is 4.90 Å². The number of rotatable bonds is 5. The summed E-state index contributed by atoms with van der Waals surface area (Å²) in [6.07, 6.45) is 9.86. The van der Waals surface area contributed by atoms with E-state index >= 15 is 0 Å². The van der Waals surface area contributed by atoms with Gasteiger partial charge in [0.25, 0.3) is 0 Å². The summed E-state index contributed by atoms with van der Waals surface area (Å²) in [7, 11) is 2.16. The van der Waals surface area contributed by atoms with Gasteiger partial charge < -0.3 is 10.1 Å². The van der Waals surface area contributed by atoms with Crippen LogP contribution < -0.4 is 5.32 Å². The normalized spacial score (nSPS) is 32.4. The topological polar surface area (TPSA) is 24.5 Å². The van der Waals surface area contributed by atoms with E-state index in [0.717, 1.165) is 13.2 Å². The lowest BCUT2D eigenvalue weighted by Gasteiger charge is -2.42. The van der Waals surface area contributed by atoms with Crippen molar-refractivity contribution in [3.63, 3.8) is 0 Å². The largest absolute Gasteiger partial charge is 0.376 e. The molecule has 1 N–H and O–H groups in total. The van der Waals surface area contributed by atoms with Gasteiger partial charge in [0.15, 0.2) is 0 Å². The SMILES string of the molecule is CCC1COC(C)CN1CCC1(NC)CCCCC1.